The number of ether oxygens (including phenoxy) is 2. The Kier molecular flexibility index (Phi) is 3.80. The molecule has 0 fully saturated rings. The molecule has 0 saturated carbocycles. The molecule has 0 amide bonds. The Morgan fingerprint density at radius 1 is 1.33 bits per heavy atom. The first-order chi connectivity index (χ1) is 7.13. The Morgan fingerprint density at radius 2 is 1.87 bits per heavy atom. The molecule has 0 aliphatic heterocycles. The van der Waals surface area contributed by atoms with E-state index in [-0.39, 0.29) is 11.7 Å². The summed E-state index contributed by atoms with van der Waals surface area (Å²) in [4.78, 5) is 11.4. The highest BCUT2D eigenvalue weighted by atomic mass is 35.5. The van der Waals surface area contributed by atoms with E-state index in [1.807, 2.05) is 0 Å². The molecule has 82 valence electrons. The molecule has 0 radical (unpaired) electrons. The summed E-state index contributed by atoms with van der Waals surface area (Å²) in [6.45, 7) is 0. The smallest absolute Gasteiger partial charge is 0.179 e. The van der Waals surface area contributed by atoms with E-state index in [9.17, 15) is 4.79 Å². The average molecular weight is 230 g/mol. The number of Topliss-reactive ketones (excluding diaryl/α,β-unsaturated/α-hetero) is 1. The number of rotatable bonds is 4. The number of hydrogen-bond acceptors (Lipinski definition) is 4. The third kappa shape index (κ3) is 2.33. The third-order valence-electron chi connectivity index (χ3n) is 1.98. The van der Waals surface area contributed by atoms with Gasteiger partial charge in [0.1, 0.15) is 0 Å². The van der Waals surface area contributed by atoms with E-state index in [1.54, 1.807) is 6.07 Å². The summed E-state index contributed by atoms with van der Waals surface area (Å²) < 4.78 is 10.1. The van der Waals surface area contributed by atoms with Crippen LogP contribution >= 0.6 is 11.6 Å². The van der Waals surface area contributed by atoms with Crippen LogP contribution in [0.25, 0.3) is 0 Å². The largest absolute Gasteiger partial charge is 0.493 e. The molecule has 0 unspecified atom stereocenters. The van der Waals surface area contributed by atoms with Gasteiger partial charge in [0.25, 0.3) is 0 Å². The van der Waals surface area contributed by atoms with Gasteiger partial charge in [-0.2, -0.15) is 0 Å². The van der Waals surface area contributed by atoms with Crippen molar-refractivity contribution >= 4 is 23.1 Å². The average Bonchev–Trinajstić information content (AvgIpc) is 2.27. The number of ketones is 1. The number of halogens is 1. The van der Waals surface area contributed by atoms with Crippen LogP contribution in [-0.4, -0.2) is 25.9 Å². The normalized spacial score (nSPS) is 9.80. The quantitative estimate of drug-likeness (QED) is 0.485. The molecule has 15 heavy (non-hydrogen) atoms. The predicted molar refractivity (Wildman–Crippen MR) is 59.0 cm³/mol. The van der Waals surface area contributed by atoms with Crippen molar-refractivity contribution in [2.75, 3.05) is 25.8 Å². The molecule has 0 heterocycles. The number of carbonyl (C=O) groups excluding carboxylic acids is 1. The molecule has 1 aromatic rings. The fraction of sp³-hybridized carbons (Fsp3) is 0.300. The van der Waals surface area contributed by atoms with Gasteiger partial charge in [-0.05, 0) is 6.07 Å². The van der Waals surface area contributed by atoms with E-state index < -0.39 is 0 Å². The maximum absolute atomic E-state index is 11.4. The van der Waals surface area contributed by atoms with Gasteiger partial charge in [-0.25, -0.2) is 0 Å². The second-order valence-corrected chi connectivity index (χ2v) is 3.12. The maximum atomic E-state index is 11.4. The summed E-state index contributed by atoms with van der Waals surface area (Å²) in [6, 6.07) is 3.07. The van der Waals surface area contributed by atoms with Gasteiger partial charge in [0.05, 0.1) is 20.1 Å². The second kappa shape index (κ2) is 4.89. The highest BCUT2D eigenvalue weighted by Crippen LogP contribution is 2.32. The SMILES string of the molecule is COc1cc(N)c(C(=O)CCl)cc1OC. The van der Waals surface area contributed by atoms with Crippen LogP contribution in [0.1, 0.15) is 10.4 Å². The van der Waals surface area contributed by atoms with E-state index in [4.69, 9.17) is 26.8 Å². The Balaban J connectivity index is 3.25. The van der Waals surface area contributed by atoms with Crippen LogP contribution in [0.15, 0.2) is 12.1 Å². The first-order valence-corrected chi connectivity index (χ1v) is 4.78. The summed E-state index contributed by atoms with van der Waals surface area (Å²) in [5.74, 6) is 0.594. The molecule has 5 heteroatoms. The minimum absolute atomic E-state index is 0.111. The predicted octanol–water partition coefficient (Wildman–Crippen LogP) is 1.71. The number of carbonyl (C=O) groups is 1. The van der Waals surface area contributed by atoms with Crippen LogP contribution in [0.5, 0.6) is 11.5 Å². The van der Waals surface area contributed by atoms with Crippen LogP contribution < -0.4 is 15.2 Å². The zero-order valence-corrected chi connectivity index (χ0v) is 9.30. The van der Waals surface area contributed by atoms with E-state index in [1.165, 1.54) is 20.3 Å². The summed E-state index contributed by atoms with van der Waals surface area (Å²) in [5, 5.41) is 0. The van der Waals surface area contributed by atoms with Crippen molar-refractivity contribution in [3.05, 3.63) is 17.7 Å². The molecular weight excluding hydrogens is 218 g/mol. The van der Waals surface area contributed by atoms with E-state index in [0.29, 0.717) is 22.7 Å². The first kappa shape index (κ1) is 11.7. The van der Waals surface area contributed by atoms with Crippen molar-refractivity contribution in [2.45, 2.75) is 0 Å². The van der Waals surface area contributed by atoms with Crippen molar-refractivity contribution in [3.8, 4) is 11.5 Å². The van der Waals surface area contributed by atoms with Gasteiger partial charge in [0, 0.05) is 17.3 Å². The fourth-order valence-corrected chi connectivity index (χ4v) is 1.35. The zero-order chi connectivity index (χ0) is 11.4. The third-order valence-corrected chi connectivity index (χ3v) is 2.22. The van der Waals surface area contributed by atoms with Gasteiger partial charge in [-0.3, -0.25) is 4.79 Å². The standard InChI is InChI=1S/C10H12ClNO3/c1-14-9-3-6(8(13)5-11)7(12)4-10(9)15-2/h3-4H,5,12H2,1-2H3. The molecule has 0 aliphatic carbocycles. The van der Waals surface area contributed by atoms with Crippen LogP contribution in [-0.2, 0) is 0 Å². The summed E-state index contributed by atoms with van der Waals surface area (Å²) in [6.07, 6.45) is 0. The Hall–Kier alpha value is -1.42. The number of hydrogen-bond donors (Lipinski definition) is 1. The van der Waals surface area contributed by atoms with Gasteiger partial charge < -0.3 is 15.2 Å². The van der Waals surface area contributed by atoms with Crippen molar-refractivity contribution in [3.63, 3.8) is 0 Å². The van der Waals surface area contributed by atoms with Crippen LogP contribution in [0.2, 0.25) is 0 Å². The number of benzene rings is 1. The fourth-order valence-electron chi connectivity index (χ4n) is 1.21. The monoisotopic (exact) mass is 229 g/mol. The molecular formula is C10H12ClNO3. The second-order valence-electron chi connectivity index (χ2n) is 2.85. The van der Waals surface area contributed by atoms with E-state index in [0.717, 1.165) is 0 Å². The number of methoxy groups -OCH3 is 2. The van der Waals surface area contributed by atoms with Gasteiger partial charge in [-0.1, -0.05) is 0 Å². The molecule has 1 aromatic carbocycles. The molecule has 0 aromatic heterocycles. The minimum Gasteiger partial charge on any atom is -0.493 e. The molecule has 0 aliphatic rings. The number of nitrogens with two attached hydrogens (primary N) is 1. The van der Waals surface area contributed by atoms with Crippen LogP contribution in [0, 0.1) is 0 Å². The number of anilines is 1. The molecule has 0 saturated heterocycles. The lowest BCUT2D eigenvalue weighted by Crippen LogP contribution is -2.06. The topological polar surface area (TPSA) is 61.5 Å². The Morgan fingerprint density at radius 3 is 2.33 bits per heavy atom. The van der Waals surface area contributed by atoms with E-state index >= 15 is 0 Å². The molecule has 0 atom stereocenters. The number of nitrogen functional groups attached to an aromatic ring is 1. The first-order valence-electron chi connectivity index (χ1n) is 4.24. The molecule has 0 spiro atoms. The molecule has 0 bridgehead atoms. The molecule has 4 nitrogen and oxygen atoms in total. The van der Waals surface area contributed by atoms with Crippen molar-refractivity contribution in [1.29, 1.82) is 0 Å². The minimum atomic E-state index is -0.241. The zero-order valence-electron chi connectivity index (χ0n) is 8.54. The molecule has 1 rings (SSSR count). The lowest BCUT2D eigenvalue weighted by molar-refractivity contribution is 0.102. The van der Waals surface area contributed by atoms with Crippen molar-refractivity contribution in [2.24, 2.45) is 0 Å². The lowest BCUT2D eigenvalue weighted by atomic mass is 10.1. The highest BCUT2D eigenvalue weighted by molar-refractivity contribution is 6.31. The van der Waals surface area contributed by atoms with Gasteiger partial charge >= 0.3 is 0 Å². The highest BCUT2D eigenvalue weighted by Gasteiger charge is 2.13. The maximum Gasteiger partial charge on any atom is 0.179 e. The Labute approximate surface area is 92.9 Å². The van der Waals surface area contributed by atoms with Crippen LogP contribution in [0.3, 0.4) is 0 Å². The summed E-state index contributed by atoms with van der Waals surface area (Å²) in [7, 11) is 2.99. The summed E-state index contributed by atoms with van der Waals surface area (Å²) >= 11 is 5.45. The van der Waals surface area contributed by atoms with Crippen molar-refractivity contribution < 1.29 is 14.3 Å². The van der Waals surface area contributed by atoms with Gasteiger partial charge in [0.2, 0.25) is 0 Å². The van der Waals surface area contributed by atoms with Gasteiger partial charge in [-0.15, -0.1) is 11.6 Å². The Bertz CT molecular complexity index is 379. The van der Waals surface area contributed by atoms with E-state index in [2.05, 4.69) is 0 Å². The lowest BCUT2D eigenvalue weighted by Gasteiger charge is -2.10. The van der Waals surface area contributed by atoms with Crippen molar-refractivity contribution in [1.82, 2.24) is 0 Å². The summed E-state index contributed by atoms with van der Waals surface area (Å²) in [5.41, 5.74) is 6.36. The van der Waals surface area contributed by atoms with Crippen LogP contribution in [0.4, 0.5) is 5.69 Å². The molecule has 2 N–H and O–H groups in total. The number of alkyl halides is 1. The van der Waals surface area contributed by atoms with Gasteiger partial charge in [0.15, 0.2) is 17.3 Å².